The summed E-state index contributed by atoms with van der Waals surface area (Å²) in [6, 6.07) is 1.96. The molecule has 6 heteroatoms. The molecule has 0 bridgehead atoms. The number of nitrogens with zero attached hydrogens (tertiary/aromatic N) is 2. The molecule has 2 aromatic rings. The highest BCUT2D eigenvalue weighted by Gasteiger charge is 2.11. The summed E-state index contributed by atoms with van der Waals surface area (Å²) in [4.78, 5) is 0.972. The standard InChI is InChI=1S/C8H8BrN3OS/c1-10-4-6-11-12-8(13-6)7-5(9)2-3-14-7/h2-3,10H,4H2,1H3. The molecule has 0 radical (unpaired) electrons. The van der Waals surface area contributed by atoms with Gasteiger partial charge in [-0.25, -0.2) is 0 Å². The van der Waals surface area contributed by atoms with Gasteiger partial charge in [-0.15, -0.1) is 21.5 Å². The monoisotopic (exact) mass is 273 g/mol. The van der Waals surface area contributed by atoms with E-state index < -0.39 is 0 Å². The molecule has 0 aromatic carbocycles. The second-order valence-electron chi connectivity index (χ2n) is 2.63. The van der Waals surface area contributed by atoms with Crippen LogP contribution in [0.1, 0.15) is 5.89 Å². The summed E-state index contributed by atoms with van der Waals surface area (Å²) in [6.07, 6.45) is 0. The Kier molecular flexibility index (Phi) is 2.95. The average Bonchev–Trinajstić information content (AvgIpc) is 2.74. The zero-order chi connectivity index (χ0) is 9.97. The van der Waals surface area contributed by atoms with E-state index in [4.69, 9.17) is 4.42 Å². The van der Waals surface area contributed by atoms with E-state index in [1.54, 1.807) is 11.3 Å². The SMILES string of the molecule is CNCc1nnc(-c2sccc2Br)o1. The average molecular weight is 274 g/mol. The highest BCUT2D eigenvalue weighted by Crippen LogP contribution is 2.32. The maximum atomic E-state index is 5.44. The Hall–Kier alpha value is -0.720. The minimum Gasteiger partial charge on any atom is -0.418 e. The van der Waals surface area contributed by atoms with Crippen molar-refractivity contribution in [3.05, 3.63) is 21.8 Å². The summed E-state index contributed by atoms with van der Waals surface area (Å²) in [7, 11) is 1.84. The van der Waals surface area contributed by atoms with Crippen molar-refractivity contribution in [2.75, 3.05) is 7.05 Å². The van der Waals surface area contributed by atoms with E-state index >= 15 is 0 Å². The number of hydrogen-bond acceptors (Lipinski definition) is 5. The molecular formula is C8H8BrN3OS. The van der Waals surface area contributed by atoms with E-state index in [0.717, 1.165) is 9.35 Å². The fourth-order valence-corrected chi connectivity index (χ4v) is 2.48. The van der Waals surface area contributed by atoms with E-state index in [-0.39, 0.29) is 0 Å². The van der Waals surface area contributed by atoms with Crippen molar-refractivity contribution in [2.45, 2.75) is 6.54 Å². The molecule has 0 atom stereocenters. The molecule has 2 aromatic heterocycles. The normalized spacial score (nSPS) is 10.7. The summed E-state index contributed by atoms with van der Waals surface area (Å²) in [5, 5.41) is 12.8. The number of thiophene rings is 1. The van der Waals surface area contributed by atoms with Crippen LogP contribution in [0.3, 0.4) is 0 Å². The van der Waals surface area contributed by atoms with Gasteiger partial charge in [-0.2, -0.15) is 0 Å². The zero-order valence-electron chi connectivity index (χ0n) is 7.45. The van der Waals surface area contributed by atoms with Crippen molar-refractivity contribution in [3.63, 3.8) is 0 Å². The third-order valence-corrected chi connectivity index (χ3v) is 3.43. The first-order chi connectivity index (χ1) is 6.81. The van der Waals surface area contributed by atoms with Crippen LogP contribution in [0.25, 0.3) is 10.8 Å². The molecule has 14 heavy (non-hydrogen) atoms. The molecule has 2 rings (SSSR count). The first-order valence-corrected chi connectivity index (χ1v) is 5.69. The van der Waals surface area contributed by atoms with Crippen molar-refractivity contribution >= 4 is 27.3 Å². The van der Waals surface area contributed by atoms with Gasteiger partial charge in [0.15, 0.2) is 0 Å². The first-order valence-electron chi connectivity index (χ1n) is 4.01. The fraction of sp³-hybridized carbons (Fsp3) is 0.250. The van der Waals surface area contributed by atoms with Crippen LogP contribution in [-0.2, 0) is 6.54 Å². The minimum absolute atomic E-state index is 0.567. The van der Waals surface area contributed by atoms with Crippen LogP contribution >= 0.6 is 27.3 Å². The van der Waals surface area contributed by atoms with Crippen LogP contribution < -0.4 is 5.32 Å². The van der Waals surface area contributed by atoms with E-state index in [9.17, 15) is 0 Å². The van der Waals surface area contributed by atoms with Crippen LogP contribution in [0.4, 0.5) is 0 Å². The first kappa shape index (κ1) is 9.82. The van der Waals surface area contributed by atoms with Crippen molar-refractivity contribution in [3.8, 4) is 10.8 Å². The highest BCUT2D eigenvalue weighted by atomic mass is 79.9. The molecule has 0 amide bonds. The maximum Gasteiger partial charge on any atom is 0.258 e. The lowest BCUT2D eigenvalue weighted by atomic mass is 10.5. The van der Waals surface area contributed by atoms with Gasteiger partial charge >= 0.3 is 0 Å². The van der Waals surface area contributed by atoms with Gasteiger partial charge < -0.3 is 9.73 Å². The third kappa shape index (κ3) is 1.87. The van der Waals surface area contributed by atoms with Crippen LogP contribution in [-0.4, -0.2) is 17.2 Å². The molecule has 1 N–H and O–H groups in total. The smallest absolute Gasteiger partial charge is 0.258 e. The molecule has 4 nitrogen and oxygen atoms in total. The van der Waals surface area contributed by atoms with E-state index in [0.29, 0.717) is 18.3 Å². The van der Waals surface area contributed by atoms with Crippen molar-refractivity contribution in [1.29, 1.82) is 0 Å². The van der Waals surface area contributed by atoms with Crippen LogP contribution in [0.2, 0.25) is 0 Å². The van der Waals surface area contributed by atoms with Gasteiger partial charge in [0, 0.05) is 4.47 Å². The number of halogens is 1. The molecule has 0 fully saturated rings. The Bertz CT molecular complexity index is 426. The Morgan fingerprint density at radius 3 is 3.07 bits per heavy atom. The molecule has 0 spiro atoms. The third-order valence-electron chi connectivity index (χ3n) is 1.61. The Morgan fingerprint density at radius 2 is 2.43 bits per heavy atom. The quantitative estimate of drug-likeness (QED) is 0.932. The summed E-state index contributed by atoms with van der Waals surface area (Å²) in [5.41, 5.74) is 0. The second kappa shape index (κ2) is 4.20. The topological polar surface area (TPSA) is 51.0 Å². The molecule has 0 unspecified atom stereocenters. The summed E-state index contributed by atoms with van der Waals surface area (Å²) >= 11 is 4.99. The van der Waals surface area contributed by atoms with Crippen molar-refractivity contribution < 1.29 is 4.42 Å². The fourth-order valence-electron chi connectivity index (χ4n) is 1.01. The Balaban J connectivity index is 2.29. The molecule has 0 saturated carbocycles. The predicted octanol–water partition coefficient (Wildman–Crippen LogP) is 2.28. The lowest BCUT2D eigenvalue weighted by molar-refractivity contribution is 0.491. The molecule has 2 heterocycles. The molecular weight excluding hydrogens is 266 g/mol. The van der Waals surface area contributed by atoms with Gasteiger partial charge in [-0.1, -0.05) is 0 Å². The number of hydrogen-bond donors (Lipinski definition) is 1. The maximum absolute atomic E-state index is 5.44. The van der Waals surface area contributed by atoms with Gasteiger partial charge in [-0.3, -0.25) is 0 Å². The summed E-state index contributed by atoms with van der Waals surface area (Å²) in [5.74, 6) is 1.17. The zero-order valence-corrected chi connectivity index (χ0v) is 9.85. The van der Waals surface area contributed by atoms with E-state index in [1.807, 2.05) is 18.5 Å². The van der Waals surface area contributed by atoms with Gasteiger partial charge in [0.1, 0.15) is 4.88 Å². The number of rotatable bonds is 3. The molecule has 0 aliphatic rings. The Labute approximate surface area is 93.5 Å². The van der Waals surface area contributed by atoms with Gasteiger partial charge in [0.05, 0.1) is 6.54 Å². The van der Waals surface area contributed by atoms with Gasteiger partial charge in [0.25, 0.3) is 5.89 Å². The predicted molar refractivity (Wildman–Crippen MR) is 58.1 cm³/mol. The highest BCUT2D eigenvalue weighted by molar-refractivity contribution is 9.10. The van der Waals surface area contributed by atoms with E-state index in [2.05, 4.69) is 31.4 Å². The lowest BCUT2D eigenvalue weighted by Gasteiger charge is -1.90. The summed E-state index contributed by atoms with van der Waals surface area (Å²) in [6.45, 7) is 0.593. The van der Waals surface area contributed by atoms with Crippen LogP contribution in [0.5, 0.6) is 0 Å². The van der Waals surface area contributed by atoms with Crippen LogP contribution in [0, 0.1) is 0 Å². The second-order valence-corrected chi connectivity index (χ2v) is 4.40. The van der Waals surface area contributed by atoms with E-state index in [1.165, 1.54) is 0 Å². The largest absolute Gasteiger partial charge is 0.418 e. The lowest BCUT2D eigenvalue weighted by Crippen LogP contribution is -2.04. The van der Waals surface area contributed by atoms with Gasteiger partial charge in [-0.05, 0) is 34.4 Å². The van der Waals surface area contributed by atoms with Crippen molar-refractivity contribution in [2.24, 2.45) is 0 Å². The molecule has 0 saturated heterocycles. The number of nitrogens with one attached hydrogen (secondary N) is 1. The van der Waals surface area contributed by atoms with Gasteiger partial charge in [0.2, 0.25) is 5.89 Å². The number of aromatic nitrogens is 2. The molecule has 0 aliphatic heterocycles. The minimum atomic E-state index is 0.567. The molecule has 0 aliphatic carbocycles. The Morgan fingerprint density at radius 1 is 1.57 bits per heavy atom. The van der Waals surface area contributed by atoms with Crippen LogP contribution in [0.15, 0.2) is 20.3 Å². The van der Waals surface area contributed by atoms with Crippen molar-refractivity contribution in [1.82, 2.24) is 15.5 Å². The summed E-state index contributed by atoms with van der Waals surface area (Å²) < 4.78 is 6.43. The molecule has 74 valence electrons.